The summed E-state index contributed by atoms with van der Waals surface area (Å²) in [5.74, 6) is 0.685. The number of nitro groups is 1. The molecule has 0 saturated carbocycles. The fraction of sp³-hybridized carbons (Fsp3) is 0.188. The molecule has 0 aliphatic heterocycles. The van der Waals surface area contributed by atoms with Gasteiger partial charge in [0.1, 0.15) is 12.4 Å². The molecule has 0 saturated heterocycles. The molecule has 0 heterocycles. The van der Waals surface area contributed by atoms with E-state index < -0.39 is 4.92 Å². The molecule has 0 spiro atoms. The summed E-state index contributed by atoms with van der Waals surface area (Å²) in [6.07, 6.45) is 0. The summed E-state index contributed by atoms with van der Waals surface area (Å²) in [5.41, 5.74) is 2.44. The van der Waals surface area contributed by atoms with E-state index >= 15 is 0 Å². The van der Waals surface area contributed by atoms with Crippen LogP contribution < -0.4 is 4.74 Å². The molecular formula is C16H15NO4. The van der Waals surface area contributed by atoms with Gasteiger partial charge in [0.15, 0.2) is 5.78 Å². The smallest absolute Gasteiger partial charge is 0.269 e. The Hall–Kier alpha value is -2.69. The van der Waals surface area contributed by atoms with Gasteiger partial charge in [-0.25, -0.2) is 0 Å². The highest BCUT2D eigenvalue weighted by Crippen LogP contribution is 2.19. The zero-order chi connectivity index (χ0) is 15.4. The Bertz CT molecular complexity index is 677. The van der Waals surface area contributed by atoms with Crippen LogP contribution in [0.5, 0.6) is 5.75 Å². The van der Waals surface area contributed by atoms with Crippen LogP contribution >= 0.6 is 0 Å². The van der Waals surface area contributed by atoms with Gasteiger partial charge in [-0.15, -0.1) is 0 Å². The number of aryl methyl sites for hydroxylation is 1. The third-order valence-electron chi connectivity index (χ3n) is 3.13. The van der Waals surface area contributed by atoms with Gasteiger partial charge in [-0.05, 0) is 55.3 Å². The third-order valence-corrected chi connectivity index (χ3v) is 3.13. The molecule has 2 aromatic carbocycles. The Morgan fingerprint density at radius 2 is 1.86 bits per heavy atom. The van der Waals surface area contributed by atoms with Crippen molar-refractivity contribution in [2.45, 2.75) is 20.5 Å². The van der Waals surface area contributed by atoms with E-state index in [4.69, 9.17) is 4.74 Å². The number of hydrogen-bond donors (Lipinski definition) is 0. The Balaban J connectivity index is 2.04. The van der Waals surface area contributed by atoms with Crippen molar-refractivity contribution >= 4 is 11.5 Å². The lowest BCUT2D eigenvalue weighted by Gasteiger charge is -2.09. The van der Waals surface area contributed by atoms with Crippen molar-refractivity contribution in [3.8, 4) is 5.75 Å². The molecule has 0 fully saturated rings. The standard InChI is InChI=1S/C16H15NO4/c1-11-9-15(7-8-16(11)12(2)18)21-10-13-3-5-14(6-4-13)17(19)20/h3-9H,10H2,1-2H3. The first-order valence-corrected chi connectivity index (χ1v) is 6.45. The second kappa shape index (κ2) is 6.17. The number of nitro benzene ring substituents is 1. The van der Waals surface area contributed by atoms with Gasteiger partial charge >= 0.3 is 0 Å². The van der Waals surface area contributed by atoms with Crippen LogP contribution in [0.15, 0.2) is 42.5 Å². The topological polar surface area (TPSA) is 69.4 Å². The van der Waals surface area contributed by atoms with Crippen molar-refractivity contribution in [2.24, 2.45) is 0 Å². The van der Waals surface area contributed by atoms with Crippen molar-refractivity contribution in [2.75, 3.05) is 0 Å². The molecule has 2 rings (SSSR count). The summed E-state index contributed by atoms with van der Waals surface area (Å²) < 4.78 is 5.63. The highest BCUT2D eigenvalue weighted by molar-refractivity contribution is 5.95. The molecule has 0 aromatic heterocycles. The summed E-state index contributed by atoms with van der Waals surface area (Å²) in [4.78, 5) is 21.5. The summed E-state index contributed by atoms with van der Waals surface area (Å²) >= 11 is 0. The van der Waals surface area contributed by atoms with E-state index in [2.05, 4.69) is 0 Å². The normalized spacial score (nSPS) is 10.2. The molecule has 0 amide bonds. The number of hydrogen-bond acceptors (Lipinski definition) is 4. The van der Waals surface area contributed by atoms with Gasteiger partial charge in [-0.1, -0.05) is 0 Å². The first kappa shape index (κ1) is 14.7. The first-order valence-electron chi connectivity index (χ1n) is 6.45. The monoisotopic (exact) mass is 285 g/mol. The fourth-order valence-electron chi connectivity index (χ4n) is 2.00. The van der Waals surface area contributed by atoms with E-state index in [1.54, 1.807) is 24.3 Å². The van der Waals surface area contributed by atoms with Gasteiger partial charge < -0.3 is 4.74 Å². The van der Waals surface area contributed by atoms with Gasteiger partial charge in [-0.3, -0.25) is 14.9 Å². The van der Waals surface area contributed by atoms with Crippen LogP contribution in [0.1, 0.15) is 28.4 Å². The lowest BCUT2D eigenvalue weighted by atomic mass is 10.1. The van der Waals surface area contributed by atoms with Crippen molar-refractivity contribution in [3.63, 3.8) is 0 Å². The quantitative estimate of drug-likeness (QED) is 0.477. The number of carbonyl (C=O) groups excluding carboxylic acids is 1. The van der Waals surface area contributed by atoms with Gasteiger partial charge in [0.2, 0.25) is 0 Å². The number of benzene rings is 2. The number of non-ortho nitro benzene ring substituents is 1. The highest BCUT2D eigenvalue weighted by Gasteiger charge is 2.06. The average Bonchev–Trinajstić information content (AvgIpc) is 2.45. The van der Waals surface area contributed by atoms with Crippen LogP contribution in [0.4, 0.5) is 5.69 Å². The van der Waals surface area contributed by atoms with Crippen molar-refractivity contribution in [1.82, 2.24) is 0 Å². The fourth-order valence-corrected chi connectivity index (χ4v) is 2.00. The summed E-state index contributed by atoms with van der Waals surface area (Å²) in [5, 5.41) is 10.6. The maximum absolute atomic E-state index is 11.3. The lowest BCUT2D eigenvalue weighted by Crippen LogP contribution is -1.99. The van der Waals surface area contributed by atoms with E-state index in [9.17, 15) is 14.9 Å². The maximum atomic E-state index is 11.3. The average molecular weight is 285 g/mol. The first-order chi connectivity index (χ1) is 9.97. The Morgan fingerprint density at radius 1 is 1.19 bits per heavy atom. The minimum absolute atomic E-state index is 0.0226. The molecule has 0 aliphatic rings. The molecular weight excluding hydrogens is 270 g/mol. The molecule has 0 radical (unpaired) electrons. The zero-order valence-electron chi connectivity index (χ0n) is 11.8. The lowest BCUT2D eigenvalue weighted by molar-refractivity contribution is -0.384. The molecule has 2 aromatic rings. The van der Waals surface area contributed by atoms with Gasteiger partial charge in [0, 0.05) is 17.7 Å². The Morgan fingerprint density at radius 3 is 2.38 bits per heavy atom. The minimum Gasteiger partial charge on any atom is -0.489 e. The number of carbonyl (C=O) groups is 1. The van der Waals surface area contributed by atoms with Crippen LogP contribution in [0, 0.1) is 17.0 Å². The molecule has 0 bridgehead atoms. The molecule has 108 valence electrons. The van der Waals surface area contributed by atoms with E-state index in [1.807, 2.05) is 13.0 Å². The Kier molecular flexibility index (Phi) is 4.33. The number of ketones is 1. The largest absolute Gasteiger partial charge is 0.489 e. The number of Topliss-reactive ketones (excluding diaryl/α,β-unsaturated/α-hetero) is 1. The van der Waals surface area contributed by atoms with E-state index in [0.717, 1.165) is 11.1 Å². The minimum atomic E-state index is -0.436. The van der Waals surface area contributed by atoms with Crippen LogP contribution in [0.25, 0.3) is 0 Å². The van der Waals surface area contributed by atoms with Crippen LogP contribution in [0.2, 0.25) is 0 Å². The van der Waals surface area contributed by atoms with Gasteiger partial charge in [0.05, 0.1) is 4.92 Å². The van der Waals surface area contributed by atoms with E-state index in [0.29, 0.717) is 17.9 Å². The SMILES string of the molecule is CC(=O)c1ccc(OCc2ccc([N+](=O)[O-])cc2)cc1C. The second-order valence-corrected chi connectivity index (χ2v) is 4.75. The third kappa shape index (κ3) is 3.66. The molecule has 21 heavy (non-hydrogen) atoms. The zero-order valence-corrected chi connectivity index (χ0v) is 11.8. The molecule has 0 aliphatic carbocycles. The van der Waals surface area contributed by atoms with Crippen molar-refractivity contribution in [1.29, 1.82) is 0 Å². The number of nitrogens with zero attached hydrogens (tertiary/aromatic N) is 1. The van der Waals surface area contributed by atoms with Crippen LogP contribution in [0.3, 0.4) is 0 Å². The summed E-state index contributed by atoms with van der Waals surface area (Å²) in [7, 11) is 0. The summed E-state index contributed by atoms with van der Waals surface area (Å²) in [6, 6.07) is 11.5. The maximum Gasteiger partial charge on any atom is 0.269 e. The second-order valence-electron chi connectivity index (χ2n) is 4.75. The molecule has 5 heteroatoms. The number of ether oxygens (including phenoxy) is 1. The highest BCUT2D eigenvalue weighted by atomic mass is 16.6. The predicted molar refractivity (Wildman–Crippen MR) is 78.6 cm³/mol. The molecule has 0 atom stereocenters. The van der Waals surface area contributed by atoms with Crippen LogP contribution in [-0.4, -0.2) is 10.7 Å². The van der Waals surface area contributed by atoms with E-state index in [1.165, 1.54) is 19.1 Å². The molecule has 0 unspecified atom stereocenters. The Labute approximate surface area is 122 Å². The molecule has 0 N–H and O–H groups in total. The van der Waals surface area contributed by atoms with Gasteiger partial charge in [-0.2, -0.15) is 0 Å². The number of rotatable bonds is 5. The van der Waals surface area contributed by atoms with Crippen molar-refractivity contribution < 1.29 is 14.5 Å². The summed E-state index contributed by atoms with van der Waals surface area (Å²) in [6.45, 7) is 3.70. The predicted octanol–water partition coefficient (Wildman–Crippen LogP) is 3.68. The van der Waals surface area contributed by atoms with Crippen LogP contribution in [-0.2, 0) is 6.61 Å². The van der Waals surface area contributed by atoms with E-state index in [-0.39, 0.29) is 11.5 Å². The van der Waals surface area contributed by atoms with Gasteiger partial charge in [0.25, 0.3) is 5.69 Å². The molecule has 5 nitrogen and oxygen atoms in total. The van der Waals surface area contributed by atoms with Crippen molar-refractivity contribution in [3.05, 3.63) is 69.3 Å².